The summed E-state index contributed by atoms with van der Waals surface area (Å²) in [7, 11) is -5.28. The summed E-state index contributed by atoms with van der Waals surface area (Å²) in [6, 6.07) is 10.8. The minimum atomic E-state index is -4.41. The molecule has 4 N–H and O–H groups in total. The van der Waals surface area contributed by atoms with Crippen molar-refractivity contribution in [3.05, 3.63) is 54.1 Å². The number of sulfonamides is 1. The Morgan fingerprint density at radius 2 is 1.71 bits per heavy atom. The van der Waals surface area contributed by atoms with Crippen LogP contribution in [0.25, 0.3) is 0 Å². The van der Waals surface area contributed by atoms with E-state index in [4.69, 9.17) is 28.6 Å². The summed E-state index contributed by atoms with van der Waals surface area (Å²) in [5.41, 5.74) is 0.683. The average Bonchev–Trinajstić information content (AvgIpc) is 3.69. The average molecular weight is 758 g/mol. The molecule has 18 heteroatoms. The predicted octanol–water partition coefficient (Wildman–Crippen LogP) is 1.99. The van der Waals surface area contributed by atoms with Gasteiger partial charge in [0.05, 0.1) is 48.6 Å². The number of benzene rings is 2. The van der Waals surface area contributed by atoms with E-state index in [1.165, 1.54) is 47.8 Å². The van der Waals surface area contributed by atoms with Crippen LogP contribution in [0.2, 0.25) is 0 Å². The van der Waals surface area contributed by atoms with E-state index in [2.05, 4.69) is 5.32 Å². The van der Waals surface area contributed by atoms with Gasteiger partial charge in [0.2, 0.25) is 10.0 Å². The summed E-state index contributed by atoms with van der Waals surface area (Å²) in [5.74, 6) is -1.11. The summed E-state index contributed by atoms with van der Waals surface area (Å²) in [4.78, 5) is 36.4. The van der Waals surface area contributed by atoms with E-state index in [-0.39, 0.29) is 54.8 Å². The number of carbonyl (C=O) groups is 2. The first-order chi connectivity index (χ1) is 24.0. The van der Waals surface area contributed by atoms with E-state index in [0.717, 1.165) is 6.92 Å². The predicted molar refractivity (Wildman–Crippen MR) is 184 cm³/mol. The number of ether oxygens (including phenoxy) is 4. The fourth-order valence-corrected chi connectivity index (χ4v) is 8.65. The third-order valence-corrected chi connectivity index (χ3v) is 11.9. The number of likely N-dealkylation sites (N-methyl/N-ethyl adjacent to an activating group) is 1. The van der Waals surface area contributed by atoms with Gasteiger partial charge in [-0.1, -0.05) is 26.0 Å². The molecule has 2 aromatic rings. The largest absolute Gasteiger partial charge is 0.497 e. The monoisotopic (exact) mass is 757 g/mol. The molecule has 2 aliphatic rings. The van der Waals surface area contributed by atoms with E-state index in [1.54, 1.807) is 24.1 Å². The van der Waals surface area contributed by atoms with E-state index in [0.29, 0.717) is 24.3 Å². The molecule has 0 bridgehead atoms. The number of hydrogen-bond donors (Lipinski definition) is 4. The number of aliphatic carboxylic acids is 1. The second-order valence-corrected chi connectivity index (χ2v) is 16.9. The molecule has 0 aliphatic carbocycles. The van der Waals surface area contributed by atoms with Gasteiger partial charge in [0.15, 0.2) is 12.4 Å². The molecule has 0 spiro atoms. The molecule has 0 saturated carbocycles. The van der Waals surface area contributed by atoms with Crippen molar-refractivity contribution in [3.63, 3.8) is 0 Å². The number of nitrogens with one attached hydrogen (secondary N) is 1. The van der Waals surface area contributed by atoms with Crippen LogP contribution >= 0.6 is 7.60 Å². The number of methoxy groups -OCH3 is 1. The molecule has 2 heterocycles. The van der Waals surface area contributed by atoms with Crippen molar-refractivity contribution >= 4 is 35.0 Å². The lowest BCUT2D eigenvalue weighted by molar-refractivity contribution is -0.144. The Hall–Kier alpha value is -3.12. The van der Waals surface area contributed by atoms with Gasteiger partial charge in [0.25, 0.3) is 0 Å². The number of fused-ring (bicyclic) bond motifs is 1. The molecule has 0 aromatic heterocycles. The molecule has 7 atom stereocenters. The molecule has 2 saturated heterocycles. The Morgan fingerprint density at radius 3 is 2.31 bits per heavy atom. The molecule has 4 rings (SSSR count). The molecule has 2 fully saturated rings. The summed E-state index contributed by atoms with van der Waals surface area (Å²) >= 11 is 0. The summed E-state index contributed by atoms with van der Waals surface area (Å²) in [5, 5.41) is 23.3. The van der Waals surface area contributed by atoms with Gasteiger partial charge in [0.1, 0.15) is 11.9 Å². The highest BCUT2D eigenvalue weighted by Crippen LogP contribution is 2.42. The van der Waals surface area contributed by atoms with Crippen LogP contribution in [-0.2, 0) is 44.7 Å². The molecule has 0 radical (unpaired) electrons. The van der Waals surface area contributed by atoms with E-state index in [9.17, 15) is 32.6 Å². The summed E-state index contributed by atoms with van der Waals surface area (Å²) in [6.45, 7) is 5.56. The van der Waals surface area contributed by atoms with Gasteiger partial charge in [-0.3, -0.25) is 14.0 Å². The molecule has 2 aromatic carbocycles. The molecular formula is C33H48N3O13PS. The Labute approximate surface area is 298 Å². The minimum Gasteiger partial charge on any atom is -0.497 e. The fourth-order valence-electron chi connectivity index (χ4n) is 5.87. The molecular weight excluding hydrogens is 709 g/mol. The molecule has 284 valence electrons. The third kappa shape index (κ3) is 10.9. The third-order valence-electron chi connectivity index (χ3n) is 8.54. The second-order valence-electron chi connectivity index (χ2n) is 13.1. The Balaban J connectivity index is 1.51. The first kappa shape index (κ1) is 40.6. The van der Waals surface area contributed by atoms with E-state index < -0.39 is 60.3 Å². The van der Waals surface area contributed by atoms with Gasteiger partial charge < -0.3 is 39.4 Å². The van der Waals surface area contributed by atoms with Gasteiger partial charge in [-0.15, -0.1) is 0 Å². The Morgan fingerprint density at radius 1 is 1.04 bits per heavy atom. The number of nitrogens with zero attached hydrogens (tertiary/aromatic N) is 2. The van der Waals surface area contributed by atoms with Crippen LogP contribution in [0.3, 0.4) is 0 Å². The lowest BCUT2D eigenvalue weighted by atomic mass is 10.0. The molecule has 16 nitrogen and oxygen atoms in total. The van der Waals surface area contributed by atoms with Crippen LogP contribution in [-0.4, -0.2) is 122 Å². The number of carboxylic acids is 1. The maximum absolute atomic E-state index is 13.8. The van der Waals surface area contributed by atoms with Gasteiger partial charge in [-0.2, -0.15) is 4.31 Å². The lowest BCUT2D eigenvalue weighted by Crippen LogP contribution is -2.54. The maximum atomic E-state index is 13.8. The smallest absolute Gasteiger partial charge is 0.407 e. The van der Waals surface area contributed by atoms with Crippen molar-refractivity contribution < 1.29 is 61.1 Å². The number of alkyl carbamates (subject to hydrolysis) is 1. The molecule has 1 amide bonds. The lowest BCUT2D eigenvalue weighted by Gasteiger charge is -2.32. The van der Waals surface area contributed by atoms with Crippen molar-refractivity contribution in [1.29, 1.82) is 0 Å². The van der Waals surface area contributed by atoms with Crippen LogP contribution in [0.4, 0.5) is 4.79 Å². The highest BCUT2D eigenvalue weighted by molar-refractivity contribution is 7.89. The number of carbonyl (C=O) groups excluding carboxylic acids is 1. The van der Waals surface area contributed by atoms with Crippen molar-refractivity contribution in [1.82, 2.24) is 14.5 Å². The van der Waals surface area contributed by atoms with Crippen molar-refractivity contribution in [3.8, 4) is 5.75 Å². The maximum Gasteiger partial charge on any atom is 0.407 e. The highest BCUT2D eigenvalue weighted by atomic mass is 32.2. The quantitative estimate of drug-likeness (QED) is 0.160. The van der Waals surface area contributed by atoms with E-state index >= 15 is 0 Å². The van der Waals surface area contributed by atoms with Crippen LogP contribution in [0, 0.1) is 11.8 Å². The number of amides is 1. The van der Waals surface area contributed by atoms with Crippen LogP contribution < -0.4 is 15.4 Å². The zero-order valence-electron chi connectivity index (χ0n) is 29.3. The Bertz CT molecular complexity index is 1630. The van der Waals surface area contributed by atoms with Crippen LogP contribution in [0.1, 0.15) is 32.8 Å². The van der Waals surface area contributed by atoms with Gasteiger partial charge in [-0.25, -0.2) is 18.0 Å². The fraction of sp³-hybridized carbons (Fsp3) is 0.576. The molecule has 51 heavy (non-hydrogen) atoms. The van der Waals surface area contributed by atoms with Gasteiger partial charge in [0, 0.05) is 26.2 Å². The first-order valence-corrected chi connectivity index (χ1v) is 19.6. The standard InChI is InChI=1S/C33H48N3O13PS/c1-21(2)16-36(51(43,44)26-12-8-24(45-5)9-13-26)19-29(37)28(34-33(40)48-30-20-47-32-27(30)14-15-46-32)18-35(4)17-23-6-10-25(11-7-23)50(41,42)49-22(3)31(38)39/h6-13,21-22,27-30,32,37H,14-20H2,1-5H3,(H,34,40)(H,38,39)(H,41,42)/t22-,27-,28-,29+,30-,32+/m0/s1. The van der Waals surface area contributed by atoms with Crippen molar-refractivity contribution in [2.24, 2.45) is 11.8 Å². The van der Waals surface area contributed by atoms with Crippen LogP contribution in [0.5, 0.6) is 5.75 Å². The van der Waals surface area contributed by atoms with Crippen molar-refractivity contribution in [2.75, 3.05) is 47.0 Å². The first-order valence-electron chi connectivity index (χ1n) is 16.5. The number of hydrogen-bond acceptors (Lipinski definition) is 12. The zero-order valence-corrected chi connectivity index (χ0v) is 31.0. The topological polar surface area (TPSA) is 211 Å². The minimum absolute atomic E-state index is 0.0189. The highest BCUT2D eigenvalue weighted by Gasteiger charge is 2.44. The van der Waals surface area contributed by atoms with Crippen molar-refractivity contribution in [2.45, 2.75) is 69.3 Å². The van der Waals surface area contributed by atoms with Gasteiger partial charge >= 0.3 is 19.7 Å². The molecule has 1 unspecified atom stereocenters. The summed E-state index contributed by atoms with van der Waals surface area (Å²) < 4.78 is 68.2. The number of carboxylic acid groups (broad SMARTS) is 1. The summed E-state index contributed by atoms with van der Waals surface area (Å²) in [6.07, 6.45) is -4.01. The number of aliphatic hydroxyl groups is 1. The SMILES string of the molecule is COc1ccc(S(=O)(=O)N(CC(C)C)C[C@@H](O)[C@H](CN(C)Cc2ccc(P(=O)(O)O[C@@H](C)C(=O)O)cc2)NC(=O)O[C@H]2CO[C@H]3OCC[C@H]32)cc1. The van der Waals surface area contributed by atoms with Crippen LogP contribution in [0.15, 0.2) is 53.4 Å². The Kier molecular flexibility index (Phi) is 14.0. The van der Waals surface area contributed by atoms with Gasteiger partial charge in [-0.05, 0) is 68.3 Å². The normalized spacial score (nSPS) is 22.0. The molecule has 2 aliphatic heterocycles. The number of aliphatic hydroxyl groups excluding tert-OH is 1. The number of rotatable bonds is 18. The zero-order chi connectivity index (χ0) is 37.5. The van der Waals surface area contributed by atoms with E-state index in [1.807, 2.05) is 13.8 Å². The second kappa shape index (κ2) is 17.6.